The van der Waals surface area contributed by atoms with Crippen LogP contribution in [0.5, 0.6) is 0 Å². The first-order valence-corrected chi connectivity index (χ1v) is 5.33. The highest BCUT2D eigenvalue weighted by atomic mass is 15.3. The van der Waals surface area contributed by atoms with Gasteiger partial charge in [-0.15, -0.1) is 0 Å². The Morgan fingerprint density at radius 1 is 1.50 bits per heavy atom. The molecule has 0 bridgehead atoms. The van der Waals surface area contributed by atoms with E-state index in [9.17, 15) is 0 Å². The maximum atomic E-state index is 8.92. The smallest absolute Gasteiger partial charge is 0.120 e. The van der Waals surface area contributed by atoms with E-state index in [2.05, 4.69) is 24.2 Å². The lowest BCUT2D eigenvalue weighted by molar-refractivity contribution is 0.596. The lowest BCUT2D eigenvalue weighted by atomic mass is 10.3. The third-order valence-electron chi connectivity index (χ3n) is 2.56. The minimum atomic E-state index is 0.682. The monoisotopic (exact) mass is 214 g/mol. The fraction of sp³-hybridized carbons (Fsp3) is 0.333. The zero-order chi connectivity index (χ0) is 11.5. The summed E-state index contributed by atoms with van der Waals surface area (Å²) in [5.74, 6) is 0. The number of aromatic nitrogens is 3. The lowest BCUT2D eigenvalue weighted by Gasteiger charge is -2.06. The van der Waals surface area contributed by atoms with Crippen LogP contribution in [0.1, 0.15) is 24.0 Å². The van der Waals surface area contributed by atoms with Gasteiger partial charge in [0.25, 0.3) is 0 Å². The molecule has 0 N–H and O–H groups in total. The highest BCUT2D eigenvalue weighted by Crippen LogP contribution is 2.09. The van der Waals surface area contributed by atoms with Crippen molar-refractivity contribution < 1.29 is 0 Å². The summed E-state index contributed by atoms with van der Waals surface area (Å²) in [5.41, 5.74) is 2.83. The van der Waals surface area contributed by atoms with Gasteiger partial charge in [-0.25, -0.2) is 0 Å². The Morgan fingerprint density at radius 2 is 2.31 bits per heavy atom. The highest BCUT2D eigenvalue weighted by molar-refractivity contribution is 5.23. The number of aryl methyl sites for hydroxylation is 2. The molecule has 2 rings (SSSR count). The largest absolute Gasteiger partial charge is 0.333 e. The lowest BCUT2D eigenvalue weighted by Crippen LogP contribution is -2.08. The first kappa shape index (κ1) is 10.5. The molecule has 0 saturated carbocycles. The summed E-state index contributed by atoms with van der Waals surface area (Å²) in [5, 5.41) is 13.3. The van der Waals surface area contributed by atoms with Crippen molar-refractivity contribution >= 4 is 0 Å². The van der Waals surface area contributed by atoms with Crippen molar-refractivity contribution in [2.24, 2.45) is 0 Å². The summed E-state index contributed by atoms with van der Waals surface area (Å²) in [6, 6.07) is 7.94. The second-order valence-corrected chi connectivity index (χ2v) is 3.73. The van der Waals surface area contributed by atoms with Crippen molar-refractivity contribution in [3.05, 3.63) is 41.5 Å². The van der Waals surface area contributed by atoms with E-state index in [1.165, 1.54) is 0 Å². The Balaban J connectivity index is 2.30. The molecule has 82 valence electrons. The van der Waals surface area contributed by atoms with Gasteiger partial charge in [0, 0.05) is 12.7 Å². The zero-order valence-corrected chi connectivity index (χ0v) is 9.51. The summed E-state index contributed by atoms with van der Waals surface area (Å²) in [6.07, 6.45) is 1.92. The van der Waals surface area contributed by atoms with Gasteiger partial charge in [0.15, 0.2) is 0 Å². The topological polar surface area (TPSA) is 46.5 Å². The van der Waals surface area contributed by atoms with Gasteiger partial charge in [0.1, 0.15) is 11.8 Å². The highest BCUT2D eigenvalue weighted by Gasteiger charge is 2.06. The van der Waals surface area contributed by atoms with Gasteiger partial charge in [-0.05, 0) is 32.0 Å². The number of nitriles is 1. The normalized spacial score (nSPS) is 10.3. The maximum Gasteiger partial charge on any atom is 0.120 e. The quantitative estimate of drug-likeness (QED) is 0.783. The molecule has 4 heteroatoms. The number of rotatable bonds is 3. The van der Waals surface area contributed by atoms with Gasteiger partial charge < -0.3 is 4.57 Å². The van der Waals surface area contributed by atoms with Gasteiger partial charge in [-0.3, -0.25) is 4.68 Å². The third-order valence-corrected chi connectivity index (χ3v) is 2.56. The summed E-state index contributed by atoms with van der Waals surface area (Å²) >= 11 is 0. The molecule has 2 heterocycles. The van der Waals surface area contributed by atoms with E-state index in [-0.39, 0.29) is 0 Å². The number of nitrogens with zero attached hydrogens (tertiary/aromatic N) is 4. The first-order chi connectivity index (χ1) is 7.74. The van der Waals surface area contributed by atoms with Gasteiger partial charge in [-0.2, -0.15) is 10.4 Å². The summed E-state index contributed by atoms with van der Waals surface area (Å²) in [7, 11) is 0. The van der Waals surface area contributed by atoms with E-state index in [4.69, 9.17) is 5.26 Å². The molecule has 2 aromatic heterocycles. The molecule has 4 nitrogen and oxygen atoms in total. The van der Waals surface area contributed by atoms with Crippen LogP contribution in [-0.2, 0) is 13.1 Å². The molecule has 0 aliphatic rings. The average molecular weight is 214 g/mol. The Bertz CT molecular complexity index is 527. The summed E-state index contributed by atoms with van der Waals surface area (Å²) in [4.78, 5) is 0. The van der Waals surface area contributed by atoms with E-state index in [0.717, 1.165) is 17.9 Å². The second-order valence-electron chi connectivity index (χ2n) is 3.73. The standard InChI is InChI=1S/C12H14N4/c1-3-16-12(7-10(2)14-16)9-15-6-4-5-11(15)8-13/h4-7H,3,9H2,1-2H3. The van der Waals surface area contributed by atoms with Gasteiger partial charge in [0.05, 0.1) is 17.9 Å². The Labute approximate surface area is 94.7 Å². The molecule has 0 atom stereocenters. The predicted molar refractivity (Wildman–Crippen MR) is 60.9 cm³/mol. The van der Waals surface area contributed by atoms with E-state index < -0.39 is 0 Å². The minimum Gasteiger partial charge on any atom is -0.333 e. The molecular weight excluding hydrogens is 200 g/mol. The molecule has 0 amide bonds. The molecule has 0 aromatic carbocycles. The number of hydrogen-bond acceptors (Lipinski definition) is 2. The molecule has 0 fully saturated rings. The van der Waals surface area contributed by atoms with Crippen molar-refractivity contribution in [1.29, 1.82) is 5.26 Å². The average Bonchev–Trinajstić information content (AvgIpc) is 2.85. The van der Waals surface area contributed by atoms with Crippen LogP contribution in [0.3, 0.4) is 0 Å². The van der Waals surface area contributed by atoms with Gasteiger partial charge >= 0.3 is 0 Å². The Kier molecular flexibility index (Phi) is 2.78. The summed E-state index contributed by atoms with van der Waals surface area (Å²) in [6.45, 7) is 5.60. The third kappa shape index (κ3) is 1.84. The molecule has 0 radical (unpaired) electrons. The molecule has 2 aromatic rings. The summed E-state index contributed by atoms with van der Waals surface area (Å²) < 4.78 is 3.90. The minimum absolute atomic E-state index is 0.682. The van der Waals surface area contributed by atoms with Crippen LogP contribution in [0.15, 0.2) is 24.4 Å². The molecule has 0 spiro atoms. The van der Waals surface area contributed by atoms with E-state index >= 15 is 0 Å². The Hall–Kier alpha value is -2.02. The van der Waals surface area contributed by atoms with Crippen molar-refractivity contribution in [2.45, 2.75) is 26.9 Å². The van der Waals surface area contributed by atoms with Crippen molar-refractivity contribution in [1.82, 2.24) is 14.3 Å². The van der Waals surface area contributed by atoms with Crippen molar-refractivity contribution in [2.75, 3.05) is 0 Å². The van der Waals surface area contributed by atoms with Gasteiger partial charge in [0.2, 0.25) is 0 Å². The van der Waals surface area contributed by atoms with E-state index in [0.29, 0.717) is 12.2 Å². The SMILES string of the molecule is CCn1nc(C)cc1Cn1cccc1C#N. The van der Waals surface area contributed by atoms with Crippen LogP contribution >= 0.6 is 0 Å². The Morgan fingerprint density at radius 3 is 3.00 bits per heavy atom. The second kappa shape index (κ2) is 4.23. The predicted octanol–water partition coefficient (Wildman–Crippen LogP) is 1.93. The molecule has 0 aliphatic heterocycles. The molecule has 0 unspecified atom stereocenters. The van der Waals surface area contributed by atoms with Crippen LogP contribution < -0.4 is 0 Å². The fourth-order valence-electron chi connectivity index (χ4n) is 1.83. The first-order valence-electron chi connectivity index (χ1n) is 5.33. The molecule has 16 heavy (non-hydrogen) atoms. The fourth-order valence-corrected chi connectivity index (χ4v) is 1.83. The van der Waals surface area contributed by atoms with Crippen LogP contribution in [0.25, 0.3) is 0 Å². The van der Waals surface area contributed by atoms with Crippen molar-refractivity contribution in [3.63, 3.8) is 0 Å². The zero-order valence-electron chi connectivity index (χ0n) is 9.51. The molecule has 0 saturated heterocycles. The van der Waals surface area contributed by atoms with Crippen LogP contribution in [0.4, 0.5) is 0 Å². The van der Waals surface area contributed by atoms with Crippen LogP contribution in [0.2, 0.25) is 0 Å². The van der Waals surface area contributed by atoms with Crippen molar-refractivity contribution in [3.8, 4) is 6.07 Å². The molecular formula is C12H14N4. The maximum absolute atomic E-state index is 8.92. The van der Waals surface area contributed by atoms with Gasteiger partial charge in [-0.1, -0.05) is 0 Å². The van der Waals surface area contributed by atoms with E-state index in [1.54, 1.807) is 0 Å². The molecule has 0 aliphatic carbocycles. The number of hydrogen-bond donors (Lipinski definition) is 0. The van der Waals surface area contributed by atoms with E-state index in [1.807, 2.05) is 34.5 Å². The van der Waals surface area contributed by atoms with Crippen LogP contribution in [-0.4, -0.2) is 14.3 Å². The van der Waals surface area contributed by atoms with Crippen LogP contribution in [0, 0.1) is 18.3 Å².